The van der Waals surface area contributed by atoms with Crippen molar-refractivity contribution in [3.63, 3.8) is 0 Å². The molecule has 0 atom stereocenters. The predicted octanol–water partition coefficient (Wildman–Crippen LogP) is 3.73. The molecule has 2 aromatic carbocycles. The van der Waals surface area contributed by atoms with Gasteiger partial charge < -0.3 is 4.98 Å². The van der Waals surface area contributed by atoms with E-state index in [2.05, 4.69) is 9.97 Å². The van der Waals surface area contributed by atoms with Crippen LogP contribution in [0.2, 0.25) is 10.0 Å². The van der Waals surface area contributed by atoms with Crippen LogP contribution in [-0.4, -0.2) is 14.9 Å². The molecule has 1 aromatic heterocycles. The van der Waals surface area contributed by atoms with E-state index in [4.69, 9.17) is 23.2 Å². The van der Waals surface area contributed by atoms with Gasteiger partial charge in [-0.2, -0.15) is 0 Å². The fourth-order valence-corrected chi connectivity index (χ4v) is 2.67. The maximum absolute atomic E-state index is 12.1. The third-order valence-electron chi connectivity index (χ3n) is 3.33. The Labute approximate surface area is 139 Å². The third-order valence-corrected chi connectivity index (χ3v) is 3.92. The number of benzene rings is 2. The second-order valence-corrected chi connectivity index (χ2v) is 5.73. The second kappa shape index (κ2) is 5.98. The van der Waals surface area contributed by atoms with E-state index in [1.165, 1.54) is 18.2 Å². The molecule has 3 aromatic rings. The van der Waals surface area contributed by atoms with Crippen molar-refractivity contribution in [3.05, 3.63) is 78.2 Å². The molecular formula is C15H9Cl2N3O3. The molecule has 23 heavy (non-hydrogen) atoms. The first-order chi connectivity index (χ1) is 10.9. The summed E-state index contributed by atoms with van der Waals surface area (Å²) < 4.78 is 0. The van der Waals surface area contributed by atoms with Crippen LogP contribution in [0, 0.1) is 10.1 Å². The average molecular weight is 350 g/mol. The summed E-state index contributed by atoms with van der Waals surface area (Å²) in [4.78, 5) is 29.3. The summed E-state index contributed by atoms with van der Waals surface area (Å²) in [6, 6.07) is 9.12. The minimum absolute atomic E-state index is 0.108. The first-order valence-electron chi connectivity index (χ1n) is 6.55. The number of hydrogen-bond donors (Lipinski definition) is 1. The van der Waals surface area contributed by atoms with Gasteiger partial charge in [0.05, 0.1) is 16.0 Å². The lowest BCUT2D eigenvalue weighted by atomic mass is 10.1. The van der Waals surface area contributed by atoms with E-state index in [1.807, 2.05) is 0 Å². The fourth-order valence-electron chi connectivity index (χ4n) is 2.19. The molecule has 1 heterocycles. The normalized spacial score (nSPS) is 10.9. The van der Waals surface area contributed by atoms with Crippen molar-refractivity contribution >= 4 is 39.9 Å². The SMILES string of the molecule is O=c1[nH]c2cc([N+](=O)[O-])ccc2nc1Cc1ccc(Cl)cc1Cl. The summed E-state index contributed by atoms with van der Waals surface area (Å²) in [6.07, 6.45) is 0.234. The molecule has 6 nitrogen and oxygen atoms in total. The monoisotopic (exact) mass is 349 g/mol. The van der Waals surface area contributed by atoms with E-state index in [-0.39, 0.29) is 17.8 Å². The van der Waals surface area contributed by atoms with E-state index in [9.17, 15) is 14.9 Å². The third kappa shape index (κ3) is 3.18. The lowest BCUT2D eigenvalue weighted by molar-refractivity contribution is -0.384. The lowest BCUT2D eigenvalue weighted by Crippen LogP contribution is -2.15. The number of halogens is 2. The first kappa shape index (κ1) is 15.5. The molecule has 0 bridgehead atoms. The number of nitro benzene ring substituents is 1. The molecular weight excluding hydrogens is 341 g/mol. The number of aromatic nitrogens is 2. The number of fused-ring (bicyclic) bond motifs is 1. The Kier molecular flexibility index (Phi) is 4.02. The van der Waals surface area contributed by atoms with Gasteiger partial charge in [0.1, 0.15) is 5.69 Å². The molecule has 0 saturated heterocycles. The van der Waals surface area contributed by atoms with Gasteiger partial charge in [0.15, 0.2) is 0 Å². The highest BCUT2D eigenvalue weighted by molar-refractivity contribution is 6.35. The average Bonchev–Trinajstić information content (AvgIpc) is 2.50. The van der Waals surface area contributed by atoms with Crippen molar-refractivity contribution < 1.29 is 4.92 Å². The molecule has 116 valence electrons. The van der Waals surface area contributed by atoms with Crippen LogP contribution in [0.3, 0.4) is 0 Å². The standard InChI is InChI=1S/C15H9Cl2N3O3/c16-9-2-1-8(11(17)6-9)5-14-15(21)19-13-7-10(20(22)23)3-4-12(13)18-14/h1-4,6-7H,5H2,(H,19,21). The molecule has 0 aliphatic rings. The van der Waals surface area contributed by atoms with Gasteiger partial charge in [-0.1, -0.05) is 29.3 Å². The predicted molar refractivity (Wildman–Crippen MR) is 88.3 cm³/mol. The highest BCUT2D eigenvalue weighted by Gasteiger charge is 2.12. The largest absolute Gasteiger partial charge is 0.319 e. The Morgan fingerprint density at radius 3 is 2.65 bits per heavy atom. The van der Waals surface area contributed by atoms with Crippen molar-refractivity contribution in [1.29, 1.82) is 0 Å². The molecule has 0 fully saturated rings. The number of nitro groups is 1. The summed E-state index contributed by atoms with van der Waals surface area (Å²) in [5, 5.41) is 11.7. The highest BCUT2D eigenvalue weighted by Crippen LogP contribution is 2.23. The van der Waals surface area contributed by atoms with Crippen molar-refractivity contribution in [3.8, 4) is 0 Å². The number of hydrogen-bond acceptors (Lipinski definition) is 4. The smallest absolute Gasteiger partial charge is 0.271 e. The zero-order valence-corrected chi connectivity index (χ0v) is 13.1. The molecule has 0 aliphatic heterocycles. The zero-order chi connectivity index (χ0) is 16.6. The van der Waals surface area contributed by atoms with Crippen LogP contribution < -0.4 is 5.56 Å². The Bertz CT molecular complexity index is 985. The van der Waals surface area contributed by atoms with Crippen LogP contribution >= 0.6 is 23.2 Å². The van der Waals surface area contributed by atoms with E-state index >= 15 is 0 Å². The van der Waals surface area contributed by atoms with Crippen LogP contribution in [0.25, 0.3) is 11.0 Å². The van der Waals surface area contributed by atoms with Crippen LogP contribution in [0.5, 0.6) is 0 Å². The van der Waals surface area contributed by atoms with Crippen LogP contribution in [-0.2, 0) is 6.42 Å². The Morgan fingerprint density at radius 1 is 1.17 bits per heavy atom. The highest BCUT2D eigenvalue weighted by atomic mass is 35.5. The summed E-state index contributed by atoms with van der Waals surface area (Å²) >= 11 is 12.0. The first-order valence-corrected chi connectivity index (χ1v) is 7.31. The van der Waals surface area contributed by atoms with Gasteiger partial charge in [0.2, 0.25) is 0 Å². The van der Waals surface area contributed by atoms with Gasteiger partial charge in [0, 0.05) is 28.6 Å². The van der Waals surface area contributed by atoms with Gasteiger partial charge >= 0.3 is 0 Å². The Morgan fingerprint density at radius 2 is 1.96 bits per heavy atom. The number of rotatable bonds is 3. The van der Waals surface area contributed by atoms with Gasteiger partial charge in [-0.05, 0) is 23.8 Å². The topological polar surface area (TPSA) is 88.9 Å². The number of nitrogens with zero attached hydrogens (tertiary/aromatic N) is 2. The molecule has 0 spiro atoms. The molecule has 0 unspecified atom stereocenters. The quantitative estimate of drug-likeness (QED) is 0.576. The van der Waals surface area contributed by atoms with Crippen LogP contribution in [0.4, 0.5) is 5.69 Å². The summed E-state index contributed by atoms with van der Waals surface area (Å²) in [5.74, 6) is 0. The number of aromatic amines is 1. The summed E-state index contributed by atoms with van der Waals surface area (Å²) in [7, 11) is 0. The van der Waals surface area contributed by atoms with Crippen molar-refractivity contribution in [2.24, 2.45) is 0 Å². The molecule has 0 aliphatic carbocycles. The molecule has 3 rings (SSSR count). The van der Waals surface area contributed by atoms with Crippen molar-refractivity contribution in [2.75, 3.05) is 0 Å². The fraction of sp³-hybridized carbons (Fsp3) is 0.0667. The van der Waals surface area contributed by atoms with E-state index in [0.29, 0.717) is 21.1 Å². The summed E-state index contributed by atoms with van der Waals surface area (Å²) in [5.41, 5.74) is 1.25. The lowest BCUT2D eigenvalue weighted by Gasteiger charge is -2.05. The second-order valence-electron chi connectivity index (χ2n) is 4.88. The molecule has 1 N–H and O–H groups in total. The Hall–Kier alpha value is -2.44. The Balaban J connectivity index is 2.05. The molecule has 8 heteroatoms. The number of nitrogens with one attached hydrogen (secondary N) is 1. The minimum atomic E-state index is -0.529. The number of H-pyrrole nitrogens is 1. The molecule has 0 radical (unpaired) electrons. The molecule has 0 saturated carbocycles. The van der Waals surface area contributed by atoms with Gasteiger partial charge in [-0.15, -0.1) is 0 Å². The van der Waals surface area contributed by atoms with E-state index in [0.717, 1.165) is 5.56 Å². The van der Waals surface area contributed by atoms with Crippen LogP contribution in [0.15, 0.2) is 41.2 Å². The maximum atomic E-state index is 12.1. The van der Waals surface area contributed by atoms with Gasteiger partial charge in [0.25, 0.3) is 11.2 Å². The van der Waals surface area contributed by atoms with Crippen LogP contribution in [0.1, 0.15) is 11.3 Å². The zero-order valence-electron chi connectivity index (χ0n) is 11.5. The van der Waals surface area contributed by atoms with E-state index in [1.54, 1.807) is 18.2 Å². The van der Waals surface area contributed by atoms with Gasteiger partial charge in [-0.25, -0.2) is 4.98 Å². The molecule has 0 amide bonds. The summed E-state index contributed by atoms with van der Waals surface area (Å²) in [6.45, 7) is 0. The number of non-ortho nitro benzene ring substituents is 1. The van der Waals surface area contributed by atoms with Gasteiger partial charge in [-0.3, -0.25) is 14.9 Å². The van der Waals surface area contributed by atoms with E-state index < -0.39 is 10.5 Å². The minimum Gasteiger partial charge on any atom is -0.319 e. The maximum Gasteiger partial charge on any atom is 0.271 e. The van der Waals surface area contributed by atoms with Crippen molar-refractivity contribution in [1.82, 2.24) is 9.97 Å². The van der Waals surface area contributed by atoms with Crippen molar-refractivity contribution in [2.45, 2.75) is 6.42 Å².